The van der Waals surface area contributed by atoms with E-state index in [1.807, 2.05) is 12.3 Å². The lowest BCUT2D eigenvalue weighted by Crippen LogP contribution is -2.29. The predicted molar refractivity (Wildman–Crippen MR) is 94.6 cm³/mol. The van der Waals surface area contributed by atoms with E-state index in [1.165, 1.54) is 11.3 Å². The van der Waals surface area contributed by atoms with Crippen LogP contribution >= 0.6 is 22.9 Å². The first kappa shape index (κ1) is 16.7. The Morgan fingerprint density at radius 3 is 2.83 bits per heavy atom. The number of urea groups is 1. The van der Waals surface area contributed by atoms with Crippen LogP contribution in [0.15, 0.2) is 23.6 Å². The van der Waals surface area contributed by atoms with Gasteiger partial charge in [-0.15, -0.1) is 11.3 Å². The molecule has 8 heteroatoms. The Hall–Kier alpha value is -2.12. The molecule has 1 fully saturated rings. The number of carbonyl (C=O) groups is 2. The number of nitrogens with zero attached hydrogens (tertiary/aromatic N) is 1. The van der Waals surface area contributed by atoms with Gasteiger partial charge >= 0.3 is 6.03 Å². The second-order valence-corrected chi connectivity index (χ2v) is 6.98. The Bertz CT molecular complexity index is 773. The molecule has 1 heterocycles. The van der Waals surface area contributed by atoms with Crippen molar-refractivity contribution in [3.63, 3.8) is 0 Å². The van der Waals surface area contributed by atoms with Crippen LogP contribution in [0.2, 0.25) is 5.02 Å². The van der Waals surface area contributed by atoms with Gasteiger partial charge in [-0.05, 0) is 38.0 Å². The van der Waals surface area contributed by atoms with Crippen LogP contribution in [0, 0.1) is 6.92 Å². The summed E-state index contributed by atoms with van der Waals surface area (Å²) in [6.45, 7) is 2.26. The summed E-state index contributed by atoms with van der Waals surface area (Å²) >= 11 is 7.57. The summed E-state index contributed by atoms with van der Waals surface area (Å²) < 4.78 is 0. The third-order valence-corrected chi connectivity index (χ3v) is 4.74. The number of hydrogen-bond acceptors (Lipinski definition) is 4. The second-order valence-electron chi connectivity index (χ2n) is 5.63. The summed E-state index contributed by atoms with van der Waals surface area (Å²) in [5.41, 5.74) is 1.80. The van der Waals surface area contributed by atoms with Gasteiger partial charge < -0.3 is 16.0 Å². The Kier molecular flexibility index (Phi) is 5.01. The Labute approximate surface area is 148 Å². The minimum atomic E-state index is -0.362. The van der Waals surface area contributed by atoms with E-state index >= 15 is 0 Å². The molecule has 3 rings (SSSR count). The standard InChI is InChI=1S/C16H17ClN4O2S/c1-9-8-24-14(19-9)7-18-16(23)21-11-4-5-13(17)12(6-11)15(22)20-10-2-3-10/h4-6,8,10H,2-3,7H2,1H3,(H,20,22)(H2,18,21,23). The number of anilines is 1. The zero-order chi connectivity index (χ0) is 17.1. The maximum atomic E-state index is 12.1. The van der Waals surface area contributed by atoms with Crippen LogP contribution in [0.1, 0.15) is 33.9 Å². The molecule has 2 aromatic rings. The summed E-state index contributed by atoms with van der Waals surface area (Å²) in [5, 5.41) is 11.4. The highest BCUT2D eigenvalue weighted by Gasteiger charge is 2.24. The molecule has 1 aliphatic rings. The predicted octanol–water partition coefficient (Wildman–Crippen LogP) is 3.32. The highest BCUT2D eigenvalue weighted by molar-refractivity contribution is 7.09. The first-order chi connectivity index (χ1) is 11.5. The van der Waals surface area contributed by atoms with Crippen molar-refractivity contribution in [2.45, 2.75) is 32.4 Å². The van der Waals surface area contributed by atoms with Crippen LogP contribution in [0.4, 0.5) is 10.5 Å². The molecule has 3 amide bonds. The number of aromatic nitrogens is 1. The molecule has 0 unspecified atom stereocenters. The van der Waals surface area contributed by atoms with Gasteiger partial charge in [-0.2, -0.15) is 0 Å². The Morgan fingerprint density at radius 2 is 2.17 bits per heavy atom. The molecule has 0 saturated heterocycles. The molecular weight excluding hydrogens is 348 g/mol. The topological polar surface area (TPSA) is 83.1 Å². The van der Waals surface area contributed by atoms with Gasteiger partial charge in [-0.25, -0.2) is 9.78 Å². The third-order valence-electron chi connectivity index (χ3n) is 3.45. The van der Waals surface area contributed by atoms with Crippen molar-refractivity contribution >= 4 is 40.6 Å². The smallest absolute Gasteiger partial charge is 0.319 e. The van der Waals surface area contributed by atoms with Crippen molar-refractivity contribution in [2.24, 2.45) is 0 Å². The van der Waals surface area contributed by atoms with Gasteiger partial charge in [0, 0.05) is 22.8 Å². The highest BCUT2D eigenvalue weighted by atomic mass is 35.5. The lowest BCUT2D eigenvalue weighted by atomic mass is 10.2. The highest BCUT2D eigenvalue weighted by Crippen LogP contribution is 2.24. The molecule has 24 heavy (non-hydrogen) atoms. The summed E-state index contributed by atoms with van der Waals surface area (Å²) in [6, 6.07) is 4.72. The molecule has 0 radical (unpaired) electrons. The third kappa shape index (κ3) is 4.46. The van der Waals surface area contributed by atoms with Crippen molar-refractivity contribution in [1.29, 1.82) is 0 Å². The van der Waals surface area contributed by atoms with E-state index < -0.39 is 0 Å². The first-order valence-corrected chi connectivity index (χ1v) is 8.83. The molecule has 1 aromatic carbocycles. The van der Waals surface area contributed by atoms with Crippen LogP contribution in [0.25, 0.3) is 0 Å². The van der Waals surface area contributed by atoms with Crippen LogP contribution in [0.5, 0.6) is 0 Å². The van der Waals surface area contributed by atoms with E-state index in [0.29, 0.717) is 22.8 Å². The number of amides is 3. The van der Waals surface area contributed by atoms with Gasteiger partial charge in [0.25, 0.3) is 5.91 Å². The molecule has 0 atom stereocenters. The van der Waals surface area contributed by atoms with Gasteiger partial charge in [0.05, 0.1) is 17.1 Å². The van der Waals surface area contributed by atoms with Crippen LogP contribution < -0.4 is 16.0 Å². The lowest BCUT2D eigenvalue weighted by Gasteiger charge is -2.10. The zero-order valence-electron chi connectivity index (χ0n) is 13.1. The lowest BCUT2D eigenvalue weighted by molar-refractivity contribution is 0.0951. The molecule has 1 aliphatic carbocycles. The van der Waals surface area contributed by atoms with Crippen LogP contribution in [-0.4, -0.2) is 23.0 Å². The fourth-order valence-electron chi connectivity index (χ4n) is 2.08. The van der Waals surface area contributed by atoms with Crippen LogP contribution in [-0.2, 0) is 6.54 Å². The SMILES string of the molecule is Cc1csc(CNC(=O)Nc2ccc(Cl)c(C(=O)NC3CC3)c2)n1. The van der Waals surface area contributed by atoms with E-state index in [0.717, 1.165) is 23.5 Å². The Morgan fingerprint density at radius 1 is 1.38 bits per heavy atom. The largest absolute Gasteiger partial charge is 0.349 e. The minimum Gasteiger partial charge on any atom is -0.349 e. The number of halogens is 1. The monoisotopic (exact) mass is 364 g/mol. The van der Waals surface area contributed by atoms with Gasteiger partial charge in [0.15, 0.2) is 0 Å². The molecule has 0 aliphatic heterocycles. The van der Waals surface area contributed by atoms with Crippen molar-refractivity contribution in [3.05, 3.63) is 44.9 Å². The van der Waals surface area contributed by atoms with Crippen molar-refractivity contribution in [2.75, 3.05) is 5.32 Å². The average molecular weight is 365 g/mol. The average Bonchev–Trinajstić information content (AvgIpc) is 3.26. The van der Waals surface area contributed by atoms with Crippen molar-refractivity contribution in [3.8, 4) is 0 Å². The van der Waals surface area contributed by atoms with Gasteiger partial charge in [0.1, 0.15) is 5.01 Å². The molecule has 0 bridgehead atoms. The number of benzene rings is 1. The number of hydrogen-bond donors (Lipinski definition) is 3. The number of rotatable bonds is 5. The van der Waals surface area contributed by atoms with E-state index in [1.54, 1.807) is 18.2 Å². The van der Waals surface area contributed by atoms with E-state index in [-0.39, 0.29) is 18.0 Å². The first-order valence-electron chi connectivity index (χ1n) is 7.57. The number of aryl methyl sites for hydroxylation is 1. The Balaban J connectivity index is 1.59. The molecule has 1 aromatic heterocycles. The molecular formula is C16H17ClN4O2S. The molecule has 6 nitrogen and oxygen atoms in total. The van der Waals surface area contributed by atoms with Crippen LogP contribution in [0.3, 0.4) is 0 Å². The van der Waals surface area contributed by atoms with Gasteiger partial charge in [0.2, 0.25) is 0 Å². The molecule has 3 N–H and O–H groups in total. The summed E-state index contributed by atoms with van der Waals surface area (Å²) in [4.78, 5) is 28.4. The second kappa shape index (κ2) is 7.19. The number of thiazole rings is 1. The van der Waals surface area contributed by atoms with Crippen molar-refractivity contribution in [1.82, 2.24) is 15.6 Å². The van der Waals surface area contributed by atoms with Gasteiger partial charge in [-0.3, -0.25) is 4.79 Å². The quantitative estimate of drug-likeness (QED) is 0.761. The number of nitrogens with one attached hydrogen (secondary N) is 3. The minimum absolute atomic E-state index is 0.218. The molecule has 1 saturated carbocycles. The molecule has 126 valence electrons. The molecule has 0 spiro atoms. The van der Waals surface area contributed by atoms with E-state index in [2.05, 4.69) is 20.9 Å². The fraction of sp³-hybridized carbons (Fsp3) is 0.312. The summed E-state index contributed by atoms with van der Waals surface area (Å²) in [6.07, 6.45) is 2.00. The van der Waals surface area contributed by atoms with Gasteiger partial charge in [-0.1, -0.05) is 11.6 Å². The summed E-state index contributed by atoms with van der Waals surface area (Å²) in [5.74, 6) is -0.218. The van der Waals surface area contributed by atoms with E-state index in [9.17, 15) is 9.59 Å². The fourth-order valence-corrected chi connectivity index (χ4v) is 3.00. The van der Waals surface area contributed by atoms with Crippen molar-refractivity contribution < 1.29 is 9.59 Å². The summed E-state index contributed by atoms with van der Waals surface area (Å²) in [7, 11) is 0. The normalized spacial score (nSPS) is 13.4. The maximum absolute atomic E-state index is 12.1. The van der Waals surface area contributed by atoms with E-state index in [4.69, 9.17) is 11.6 Å². The number of carbonyl (C=O) groups excluding carboxylic acids is 2. The zero-order valence-corrected chi connectivity index (χ0v) is 14.6. The maximum Gasteiger partial charge on any atom is 0.319 e.